The lowest BCUT2D eigenvalue weighted by molar-refractivity contribution is 0.0729. The van der Waals surface area contributed by atoms with Crippen molar-refractivity contribution in [3.63, 3.8) is 0 Å². The molecule has 1 fully saturated rings. The van der Waals surface area contributed by atoms with Crippen LogP contribution in [0.4, 0.5) is 4.39 Å². The molecule has 0 aliphatic heterocycles. The Morgan fingerprint density at radius 3 is 2.44 bits per heavy atom. The molecular weight excluding hydrogens is 341 g/mol. The molecule has 4 nitrogen and oxygen atoms in total. The number of hydrogen-bond donors (Lipinski definition) is 0. The van der Waals surface area contributed by atoms with Gasteiger partial charge >= 0.3 is 0 Å². The zero-order valence-corrected chi connectivity index (χ0v) is 14.8. The first-order chi connectivity index (χ1) is 11.8. The summed E-state index contributed by atoms with van der Waals surface area (Å²) in [6.07, 6.45) is 3.04. The van der Waals surface area contributed by atoms with Gasteiger partial charge in [0.25, 0.3) is 5.91 Å². The summed E-state index contributed by atoms with van der Waals surface area (Å²) in [4.78, 5) is 14.7. The number of sulfone groups is 1. The van der Waals surface area contributed by atoms with Gasteiger partial charge in [0.05, 0.1) is 5.75 Å². The zero-order chi connectivity index (χ0) is 18.0. The maximum absolute atomic E-state index is 13.4. The van der Waals surface area contributed by atoms with E-state index in [-0.39, 0.29) is 23.5 Å². The van der Waals surface area contributed by atoms with Gasteiger partial charge in [-0.1, -0.05) is 24.3 Å². The molecule has 0 aromatic heterocycles. The predicted molar refractivity (Wildman–Crippen MR) is 94.3 cm³/mol. The Morgan fingerprint density at radius 2 is 1.80 bits per heavy atom. The minimum Gasteiger partial charge on any atom is -0.331 e. The van der Waals surface area contributed by atoms with E-state index in [0.717, 1.165) is 18.4 Å². The quantitative estimate of drug-likeness (QED) is 0.794. The van der Waals surface area contributed by atoms with Gasteiger partial charge in [0.1, 0.15) is 5.82 Å². The van der Waals surface area contributed by atoms with Gasteiger partial charge in [0.15, 0.2) is 9.84 Å². The second-order valence-electron chi connectivity index (χ2n) is 6.56. The van der Waals surface area contributed by atoms with Crippen LogP contribution < -0.4 is 0 Å². The molecular formula is C19H20FNO3S. The first-order valence-corrected chi connectivity index (χ1v) is 10.2. The fourth-order valence-corrected chi connectivity index (χ4v) is 3.63. The normalized spacial score (nSPS) is 14.3. The third-order valence-corrected chi connectivity index (χ3v) is 4.95. The molecule has 0 unspecified atom stereocenters. The molecule has 0 saturated heterocycles. The van der Waals surface area contributed by atoms with Gasteiger partial charge < -0.3 is 4.90 Å². The lowest BCUT2D eigenvalue weighted by Gasteiger charge is -2.23. The SMILES string of the molecule is CS(=O)(=O)Cc1cccc(C(=O)N(Cc2cccc(F)c2)C2CC2)c1. The van der Waals surface area contributed by atoms with Crippen molar-refractivity contribution in [1.29, 1.82) is 0 Å². The Balaban J connectivity index is 1.82. The lowest BCUT2D eigenvalue weighted by atomic mass is 10.1. The highest BCUT2D eigenvalue weighted by molar-refractivity contribution is 7.89. The molecule has 1 amide bonds. The summed E-state index contributed by atoms with van der Waals surface area (Å²) in [6.45, 7) is 0.345. The van der Waals surface area contributed by atoms with Crippen LogP contribution in [0.5, 0.6) is 0 Å². The number of nitrogens with zero attached hydrogens (tertiary/aromatic N) is 1. The molecule has 0 N–H and O–H groups in total. The van der Waals surface area contributed by atoms with Crippen molar-refractivity contribution in [3.05, 3.63) is 71.0 Å². The molecule has 1 saturated carbocycles. The Bertz CT molecular complexity index is 891. The van der Waals surface area contributed by atoms with Crippen LogP contribution in [-0.2, 0) is 22.1 Å². The smallest absolute Gasteiger partial charge is 0.254 e. The summed E-state index contributed by atoms with van der Waals surface area (Å²) < 4.78 is 36.4. The molecule has 0 radical (unpaired) electrons. The van der Waals surface area contributed by atoms with E-state index in [1.165, 1.54) is 18.4 Å². The van der Waals surface area contributed by atoms with E-state index in [2.05, 4.69) is 0 Å². The van der Waals surface area contributed by atoms with E-state index >= 15 is 0 Å². The van der Waals surface area contributed by atoms with Gasteiger partial charge in [0.2, 0.25) is 0 Å². The molecule has 6 heteroatoms. The van der Waals surface area contributed by atoms with E-state index < -0.39 is 9.84 Å². The maximum Gasteiger partial charge on any atom is 0.254 e. The van der Waals surface area contributed by atoms with Crippen LogP contribution in [0.3, 0.4) is 0 Å². The van der Waals surface area contributed by atoms with Crippen molar-refractivity contribution in [1.82, 2.24) is 4.90 Å². The van der Waals surface area contributed by atoms with Gasteiger partial charge in [0, 0.05) is 24.4 Å². The number of amides is 1. The molecule has 2 aromatic rings. The summed E-state index contributed by atoms with van der Waals surface area (Å²) in [7, 11) is -3.16. The van der Waals surface area contributed by atoms with E-state index in [1.54, 1.807) is 41.3 Å². The highest BCUT2D eigenvalue weighted by Gasteiger charge is 2.33. The molecule has 0 atom stereocenters. The molecule has 0 heterocycles. The fraction of sp³-hybridized carbons (Fsp3) is 0.316. The van der Waals surface area contributed by atoms with Crippen molar-refractivity contribution in [2.45, 2.75) is 31.2 Å². The molecule has 1 aliphatic carbocycles. The summed E-state index contributed by atoms with van der Waals surface area (Å²) in [5, 5.41) is 0. The van der Waals surface area contributed by atoms with Crippen molar-refractivity contribution in [2.75, 3.05) is 6.26 Å². The van der Waals surface area contributed by atoms with Gasteiger partial charge in [-0.2, -0.15) is 0 Å². The first kappa shape index (κ1) is 17.6. The van der Waals surface area contributed by atoms with Gasteiger partial charge in [-0.05, 0) is 48.2 Å². The summed E-state index contributed by atoms with van der Waals surface area (Å²) in [5.74, 6) is -0.570. The van der Waals surface area contributed by atoms with Gasteiger partial charge in [-0.25, -0.2) is 12.8 Å². The van der Waals surface area contributed by atoms with Crippen molar-refractivity contribution in [2.24, 2.45) is 0 Å². The van der Waals surface area contributed by atoms with E-state index in [1.807, 2.05) is 0 Å². The minimum absolute atomic E-state index is 0.0958. The predicted octanol–water partition coefficient (Wildman–Crippen LogP) is 3.18. The lowest BCUT2D eigenvalue weighted by Crippen LogP contribution is -2.32. The van der Waals surface area contributed by atoms with Gasteiger partial charge in [-0.15, -0.1) is 0 Å². The van der Waals surface area contributed by atoms with Crippen LogP contribution in [0.2, 0.25) is 0 Å². The second-order valence-corrected chi connectivity index (χ2v) is 8.70. The average Bonchev–Trinajstić information content (AvgIpc) is 3.35. The molecule has 0 bridgehead atoms. The highest BCUT2D eigenvalue weighted by atomic mass is 32.2. The second kappa shape index (κ2) is 6.96. The van der Waals surface area contributed by atoms with E-state index in [9.17, 15) is 17.6 Å². The average molecular weight is 361 g/mol. The highest BCUT2D eigenvalue weighted by Crippen LogP contribution is 2.30. The topological polar surface area (TPSA) is 54.5 Å². The van der Waals surface area contributed by atoms with Crippen LogP contribution >= 0.6 is 0 Å². The first-order valence-electron chi connectivity index (χ1n) is 8.14. The van der Waals surface area contributed by atoms with Gasteiger partial charge in [-0.3, -0.25) is 4.79 Å². The molecule has 25 heavy (non-hydrogen) atoms. The van der Waals surface area contributed by atoms with Crippen LogP contribution in [0.15, 0.2) is 48.5 Å². The number of carbonyl (C=O) groups excluding carboxylic acids is 1. The summed E-state index contributed by atoms with van der Waals surface area (Å²) in [6, 6.07) is 13.1. The fourth-order valence-electron chi connectivity index (χ4n) is 2.85. The zero-order valence-electron chi connectivity index (χ0n) is 14.0. The number of rotatable bonds is 6. The van der Waals surface area contributed by atoms with Crippen LogP contribution in [0.25, 0.3) is 0 Å². The maximum atomic E-state index is 13.4. The summed E-state index contributed by atoms with van der Waals surface area (Å²) in [5.41, 5.74) is 1.80. The van der Waals surface area contributed by atoms with Crippen molar-refractivity contribution >= 4 is 15.7 Å². The van der Waals surface area contributed by atoms with Crippen molar-refractivity contribution < 1.29 is 17.6 Å². The number of carbonyl (C=O) groups is 1. The van der Waals surface area contributed by atoms with Crippen molar-refractivity contribution in [3.8, 4) is 0 Å². The van der Waals surface area contributed by atoms with Crippen LogP contribution in [0.1, 0.15) is 34.3 Å². The van der Waals surface area contributed by atoms with E-state index in [4.69, 9.17) is 0 Å². The van der Waals surface area contributed by atoms with E-state index in [0.29, 0.717) is 17.7 Å². The largest absolute Gasteiger partial charge is 0.331 e. The molecule has 1 aliphatic rings. The Morgan fingerprint density at radius 1 is 1.12 bits per heavy atom. The Hall–Kier alpha value is -2.21. The summed E-state index contributed by atoms with van der Waals surface area (Å²) >= 11 is 0. The monoisotopic (exact) mass is 361 g/mol. The molecule has 132 valence electrons. The Kier molecular flexibility index (Phi) is 4.90. The Labute approximate surface area is 147 Å². The molecule has 0 spiro atoms. The number of hydrogen-bond acceptors (Lipinski definition) is 3. The minimum atomic E-state index is -3.16. The molecule has 2 aromatic carbocycles. The molecule has 3 rings (SSSR count). The van der Waals surface area contributed by atoms with Crippen LogP contribution in [-0.4, -0.2) is 31.5 Å². The third kappa shape index (κ3) is 4.89. The third-order valence-electron chi connectivity index (χ3n) is 4.09. The number of halogens is 1. The van der Waals surface area contributed by atoms with Crippen LogP contribution in [0, 0.1) is 5.82 Å². The standard InChI is InChI=1S/C19H20FNO3S/c1-25(23,24)13-15-5-2-6-16(10-15)19(22)21(18-8-9-18)12-14-4-3-7-17(20)11-14/h2-7,10-11,18H,8-9,12-13H2,1H3. The number of benzene rings is 2.